The van der Waals surface area contributed by atoms with Crippen LogP contribution < -0.4 is 10.2 Å². The number of piperidine rings is 1. The van der Waals surface area contributed by atoms with E-state index >= 15 is 0 Å². The van der Waals surface area contributed by atoms with Crippen molar-refractivity contribution in [3.8, 4) is 0 Å². The molecule has 1 aromatic rings. The average molecular weight is 296 g/mol. The molecule has 0 radical (unpaired) electrons. The smallest absolute Gasteiger partial charge is 0.185 e. The highest BCUT2D eigenvalue weighted by molar-refractivity contribution is 7.15. The summed E-state index contributed by atoms with van der Waals surface area (Å²) in [6.07, 6.45) is 5.72. The molecule has 4 nitrogen and oxygen atoms in total. The third-order valence-corrected chi connectivity index (χ3v) is 5.21. The van der Waals surface area contributed by atoms with Crippen molar-refractivity contribution >= 4 is 16.5 Å². The van der Waals surface area contributed by atoms with Crippen molar-refractivity contribution in [1.82, 2.24) is 15.2 Å². The van der Waals surface area contributed by atoms with E-state index in [1.807, 2.05) is 17.5 Å². The zero-order valence-corrected chi connectivity index (χ0v) is 13.9. The van der Waals surface area contributed by atoms with Crippen LogP contribution in [0.15, 0.2) is 6.20 Å². The Balaban J connectivity index is 1.84. The van der Waals surface area contributed by atoms with Crippen LogP contribution in [-0.4, -0.2) is 49.2 Å². The topological polar surface area (TPSA) is 31.4 Å². The predicted octanol–water partition coefficient (Wildman–Crippen LogP) is 2.56. The maximum Gasteiger partial charge on any atom is 0.185 e. The number of anilines is 1. The van der Waals surface area contributed by atoms with Gasteiger partial charge in [0.15, 0.2) is 5.13 Å². The van der Waals surface area contributed by atoms with Crippen LogP contribution in [0.3, 0.4) is 0 Å². The van der Waals surface area contributed by atoms with E-state index in [0.29, 0.717) is 6.04 Å². The highest BCUT2D eigenvalue weighted by atomic mass is 32.1. The second-order valence-electron chi connectivity index (χ2n) is 5.56. The van der Waals surface area contributed by atoms with Crippen molar-refractivity contribution < 1.29 is 0 Å². The minimum absolute atomic E-state index is 0.653. The highest BCUT2D eigenvalue weighted by Gasteiger charge is 2.23. The number of thiazole rings is 1. The molecule has 0 aromatic carbocycles. The Morgan fingerprint density at radius 1 is 1.40 bits per heavy atom. The molecule has 0 saturated carbocycles. The molecule has 20 heavy (non-hydrogen) atoms. The fourth-order valence-corrected chi connectivity index (χ4v) is 3.62. The van der Waals surface area contributed by atoms with E-state index in [9.17, 15) is 0 Å². The number of nitrogens with zero attached hydrogens (tertiary/aromatic N) is 3. The molecule has 1 fully saturated rings. The molecule has 0 amide bonds. The minimum atomic E-state index is 0.653. The second kappa shape index (κ2) is 7.96. The molecule has 1 aliphatic heterocycles. The summed E-state index contributed by atoms with van der Waals surface area (Å²) in [6, 6.07) is 0.653. The Morgan fingerprint density at radius 2 is 2.15 bits per heavy atom. The molecule has 1 N–H and O–H groups in total. The van der Waals surface area contributed by atoms with Crippen LogP contribution in [0.2, 0.25) is 0 Å². The first-order chi connectivity index (χ1) is 9.74. The lowest BCUT2D eigenvalue weighted by molar-refractivity contribution is 0.221. The van der Waals surface area contributed by atoms with E-state index in [-0.39, 0.29) is 0 Å². The van der Waals surface area contributed by atoms with Gasteiger partial charge in [0.1, 0.15) is 0 Å². The van der Waals surface area contributed by atoms with E-state index in [1.165, 1.54) is 48.9 Å². The van der Waals surface area contributed by atoms with E-state index in [4.69, 9.17) is 0 Å². The summed E-state index contributed by atoms with van der Waals surface area (Å²) in [5, 5.41) is 4.62. The van der Waals surface area contributed by atoms with Gasteiger partial charge in [-0.3, -0.25) is 0 Å². The van der Waals surface area contributed by atoms with Crippen LogP contribution in [0, 0.1) is 0 Å². The van der Waals surface area contributed by atoms with Crippen LogP contribution in [0.5, 0.6) is 0 Å². The Morgan fingerprint density at radius 3 is 2.80 bits per heavy atom. The van der Waals surface area contributed by atoms with Crippen molar-refractivity contribution in [3.05, 3.63) is 11.1 Å². The van der Waals surface area contributed by atoms with Crippen molar-refractivity contribution in [2.45, 2.75) is 45.7 Å². The summed E-state index contributed by atoms with van der Waals surface area (Å²) in [7, 11) is 2.20. The zero-order valence-electron chi connectivity index (χ0n) is 13.1. The van der Waals surface area contributed by atoms with E-state index in [0.717, 1.165) is 13.1 Å². The molecule has 114 valence electrons. The monoisotopic (exact) mass is 296 g/mol. The summed E-state index contributed by atoms with van der Waals surface area (Å²) in [4.78, 5) is 10.9. The standard InChI is InChI=1S/C15H28N4S/c1-4-8-16-11-14-12-17-15(20-14)18(3)13-6-9-19(5-2)10-7-13/h12-13,16H,4-11H2,1-3H3. The van der Waals surface area contributed by atoms with Crippen molar-refractivity contribution in [2.24, 2.45) is 0 Å². The lowest BCUT2D eigenvalue weighted by Gasteiger charge is -2.36. The molecule has 0 bridgehead atoms. The maximum atomic E-state index is 4.60. The van der Waals surface area contributed by atoms with Crippen LogP contribution in [0.25, 0.3) is 0 Å². The molecule has 2 heterocycles. The quantitative estimate of drug-likeness (QED) is 0.784. The lowest BCUT2D eigenvalue weighted by atomic mass is 10.0. The Kier molecular flexibility index (Phi) is 6.26. The largest absolute Gasteiger partial charge is 0.348 e. The van der Waals surface area contributed by atoms with Crippen molar-refractivity contribution in [1.29, 1.82) is 0 Å². The van der Waals surface area contributed by atoms with Gasteiger partial charge in [-0.25, -0.2) is 4.98 Å². The minimum Gasteiger partial charge on any atom is -0.348 e. The van der Waals surface area contributed by atoms with Gasteiger partial charge >= 0.3 is 0 Å². The van der Waals surface area contributed by atoms with Gasteiger partial charge in [-0.1, -0.05) is 13.8 Å². The summed E-state index contributed by atoms with van der Waals surface area (Å²) >= 11 is 1.83. The third kappa shape index (κ3) is 4.17. The fraction of sp³-hybridized carbons (Fsp3) is 0.800. The number of likely N-dealkylation sites (tertiary alicyclic amines) is 1. The van der Waals surface area contributed by atoms with Gasteiger partial charge in [0.25, 0.3) is 0 Å². The zero-order chi connectivity index (χ0) is 14.4. The van der Waals surface area contributed by atoms with Crippen molar-refractivity contribution in [2.75, 3.05) is 38.1 Å². The third-order valence-electron chi connectivity index (χ3n) is 4.12. The van der Waals surface area contributed by atoms with Crippen molar-refractivity contribution in [3.63, 3.8) is 0 Å². The molecule has 0 atom stereocenters. The first kappa shape index (κ1) is 15.7. The summed E-state index contributed by atoms with van der Waals surface area (Å²) in [5.74, 6) is 0. The number of aromatic nitrogens is 1. The van der Waals surface area contributed by atoms with Crippen LogP contribution >= 0.6 is 11.3 Å². The molecular formula is C15H28N4S. The SMILES string of the molecule is CCCNCc1cnc(N(C)C2CCN(CC)CC2)s1. The number of hydrogen-bond acceptors (Lipinski definition) is 5. The molecule has 0 aliphatic carbocycles. The first-order valence-corrected chi connectivity index (χ1v) is 8.66. The number of hydrogen-bond donors (Lipinski definition) is 1. The molecule has 0 spiro atoms. The lowest BCUT2D eigenvalue weighted by Crippen LogP contribution is -2.43. The second-order valence-corrected chi connectivity index (χ2v) is 6.66. The van der Waals surface area contributed by atoms with Gasteiger partial charge in [0.2, 0.25) is 0 Å². The summed E-state index contributed by atoms with van der Waals surface area (Å²) in [6.45, 7) is 10.1. The highest BCUT2D eigenvalue weighted by Crippen LogP contribution is 2.26. The normalized spacial score (nSPS) is 17.6. The Labute approximate surface area is 127 Å². The Hall–Kier alpha value is -0.650. The van der Waals surface area contributed by atoms with Crippen LogP contribution in [0.4, 0.5) is 5.13 Å². The predicted molar refractivity (Wildman–Crippen MR) is 87.7 cm³/mol. The van der Waals surface area contributed by atoms with Crippen LogP contribution in [0.1, 0.15) is 38.0 Å². The number of rotatable bonds is 7. The first-order valence-electron chi connectivity index (χ1n) is 7.85. The number of nitrogens with one attached hydrogen (secondary N) is 1. The van der Waals surface area contributed by atoms with Gasteiger partial charge in [0.05, 0.1) is 0 Å². The van der Waals surface area contributed by atoms with E-state index in [1.54, 1.807) is 0 Å². The molecule has 5 heteroatoms. The summed E-state index contributed by atoms with van der Waals surface area (Å²) < 4.78 is 0. The summed E-state index contributed by atoms with van der Waals surface area (Å²) in [5.41, 5.74) is 0. The van der Waals surface area contributed by atoms with Crippen LogP contribution in [-0.2, 0) is 6.54 Å². The molecule has 2 rings (SSSR count). The maximum absolute atomic E-state index is 4.60. The van der Waals surface area contributed by atoms with E-state index < -0.39 is 0 Å². The molecule has 1 aliphatic rings. The van der Waals surface area contributed by atoms with E-state index in [2.05, 4.69) is 41.0 Å². The average Bonchev–Trinajstić information content (AvgIpc) is 2.96. The van der Waals surface area contributed by atoms with Gasteiger partial charge in [0, 0.05) is 43.8 Å². The molecule has 1 aromatic heterocycles. The molecule has 1 saturated heterocycles. The van der Waals surface area contributed by atoms with Gasteiger partial charge in [-0.15, -0.1) is 11.3 Å². The van der Waals surface area contributed by atoms with Gasteiger partial charge in [-0.05, 0) is 32.4 Å². The van der Waals surface area contributed by atoms with Gasteiger partial charge in [-0.2, -0.15) is 0 Å². The Bertz CT molecular complexity index is 385. The fourth-order valence-electron chi connectivity index (χ4n) is 2.71. The molecular weight excluding hydrogens is 268 g/mol. The molecule has 0 unspecified atom stereocenters. The van der Waals surface area contributed by atoms with Gasteiger partial charge < -0.3 is 15.1 Å².